The fourth-order valence-corrected chi connectivity index (χ4v) is 5.28. The predicted molar refractivity (Wildman–Crippen MR) is 142 cm³/mol. The summed E-state index contributed by atoms with van der Waals surface area (Å²) in [7, 11) is 0. The molecule has 7 heteroatoms. The highest BCUT2D eigenvalue weighted by atomic mass is 35.5. The van der Waals surface area contributed by atoms with Crippen molar-refractivity contribution >= 4 is 17.7 Å². The minimum atomic E-state index is -0.592. The van der Waals surface area contributed by atoms with Crippen molar-refractivity contribution in [3.63, 3.8) is 0 Å². The van der Waals surface area contributed by atoms with Gasteiger partial charge in [-0.15, -0.1) is 0 Å². The molecule has 1 amide bonds. The molecule has 1 aromatic heterocycles. The number of ether oxygens (including phenoxy) is 1. The summed E-state index contributed by atoms with van der Waals surface area (Å²) in [6.07, 6.45) is 10.1. The first-order chi connectivity index (χ1) is 17.1. The first kappa shape index (κ1) is 26.2. The number of carbonyl (C=O) groups is 1. The van der Waals surface area contributed by atoms with Crippen molar-refractivity contribution in [1.82, 2.24) is 14.5 Å². The van der Waals surface area contributed by atoms with Gasteiger partial charge in [-0.1, -0.05) is 30.3 Å². The molecule has 1 saturated carbocycles. The molecule has 0 atom stereocenters. The molecular weight excluding hydrogens is 477 g/mol. The average molecular weight is 512 g/mol. The van der Waals surface area contributed by atoms with E-state index in [0.717, 1.165) is 48.5 Å². The van der Waals surface area contributed by atoms with Gasteiger partial charge in [0, 0.05) is 22.8 Å². The lowest BCUT2D eigenvalue weighted by Gasteiger charge is -2.30. The van der Waals surface area contributed by atoms with Gasteiger partial charge in [-0.05, 0) is 94.7 Å². The number of hydrogen-bond acceptors (Lipinski definition) is 3. The Morgan fingerprint density at radius 2 is 1.94 bits per heavy atom. The lowest BCUT2D eigenvalue weighted by atomic mass is 9.77. The molecule has 1 aliphatic carbocycles. The van der Waals surface area contributed by atoms with Crippen LogP contribution in [-0.2, 0) is 17.8 Å². The Balaban J connectivity index is 1.60. The van der Waals surface area contributed by atoms with Crippen molar-refractivity contribution in [2.75, 3.05) is 0 Å². The van der Waals surface area contributed by atoms with E-state index in [2.05, 4.69) is 11.1 Å². The van der Waals surface area contributed by atoms with E-state index in [-0.39, 0.29) is 23.8 Å². The van der Waals surface area contributed by atoms with Gasteiger partial charge in [0.2, 0.25) is 0 Å². The van der Waals surface area contributed by atoms with Gasteiger partial charge < -0.3 is 4.74 Å². The molecule has 0 spiro atoms. The summed E-state index contributed by atoms with van der Waals surface area (Å²) in [5.41, 5.74) is 3.05. The lowest BCUT2D eigenvalue weighted by molar-refractivity contribution is 0.0214. The monoisotopic (exact) mass is 511 g/mol. The number of imidazole rings is 1. The van der Waals surface area contributed by atoms with Gasteiger partial charge >= 0.3 is 6.09 Å². The van der Waals surface area contributed by atoms with Crippen LogP contribution in [0.25, 0.3) is 5.69 Å². The molecule has 0 radical (unpaired) electrons. The highest BCUT2D eigenvalue weighted by Crippen LogP contribution is 2.42. The Labute approximate surface area is 218 Å². The Morgan fingerprint density at radius 1 is 1.22 bits per heavy atom. The molecule has 5 nitrogen and oxygen atoms in total. The molecule has 1 aromatic carbocycles. The van der Waals surface area contributed by atoms with Crippen LogP contribution in [0.3, 0.4) is 0 Å². The Morgan fingerprint density at radius 3 is 2.61 bits per heavy atom. The van der Waals surface area contributed by atoms with Crippen molar-refractivity contribution in [2.45, 2.75) is 78.0 Å². The van der Waals surface area contributed by atoms with E-state index in [9.17, 15) is 9.18 Å². The van der Waals surface area contributed by atoms with E-state index in [1.807, 2.05) is 58.2 Å². The molecular formula is C29H35ClFN3O2. The van der Waals surface area contributed by atoms with Crippen molar-refractivity contribution < 1.29 is 13.9 Å². The molecule has 1 aliphatic heterocycles. The van der Waals surface area contributed by atoms with E-state index < -0.39 is 5.60 Å². The Kier molecular flexibility index (Phi) is 7.74. The SMILES string of the molecule is C=C(/C(F)=C\C=C/C)[C@H]1CC[C@@H](c2cnc3n2-c2ccc(Cl)cc2CN(C(=O)OC(C)(C)C)C3)CC1. The van der Waals surface area contributed by atoms with Gasteiger partial charge in [0.05, 0.1) is 18.8 Å². The number of amides is 1. The quantitative estimate of drug-likeness (QED) is 0.390. The summed E-state index contributed by atoms with van der Waals surface area (Å²) in [5, 5.41) is 0.620. The molecule has 2 aromatic rings. The summed E-state index contributed by atoms with van der Waals surface area (Å²) in [5.74, 6) is 0.990. The Hall–Kier alpha value is -2.86. The molecule has 0 N–H and O–H groups in total. The predicted octanol–water partition coefficient (Wildman–Crippen LogP) is 8.04. The maximum absolute atomic E-state index is 14.5. The summed E-state index contributed by atoms with van der Waals surface area (Å²) in [6, 6.07) is 5.78. The van der Waals surface area contributed by atoms with Gasteiger partial charge in [0.25, 0.3) is 0 Å². The fourth-order valence-electron chi connectivity index (χ4n) is 5.09. The van der Waals surface area contributed by atoms with Crippen LogP contribution in [0.15, 0.2) is 60.6 Å². The number of fused-ring (bicyclic) bond motifs is 3. The van der Waals surface area contributed by atoms with Crippen LogP contribution in [0, 0.1) is 5.92 Å². The van der Waals surface area contributed by atoms with Crippen molar-refractivity contribution in [3.8, 4) is 5.69 Å². The van der Waals surface area contributed by atoms with Crippen molar-refractivity contribution in [3.05, 3.63) is 82.7 Å². The molecule has 1 fully saturated rings. The summed E-state index contributed by atoms with van der Waals surface area (Å²) >= 11 is 6.35. The number of allylic oxidation sites excluding steroid dienone is 5. The number of nitrogens with zero attached hydrogens (tertiary/aromatic N) is 3. The van der Waals surface area contributed by atoms with Crippen LogP contribution in [-0.4, -0.2) is 26.1 Å². The van der Waals surface area contributed by atoms with Crippen molar-refractivity contribution in [1.29, 1.82) is 0 Å². The van der Waals surface area contributed by atoms with Gasteiger partial charge in [-0.2, -0.15) is 0 Å². The number of aromatic nitrogens is 2. The third-order valence-electron chi connectivity index (χ3n) is 6.87. The van der Waals surface area contributed by atoms with E-state index in [1.165, 1.54) is 6.08 Å². The maximum Gasteiger partial charge on any atom is 0.411 e. The molecule has 36 heavy (non-hydrogen) atoms. The first-order valence-corrected chi connectivity index (χ1v) is 13.0. The fraction of sp³-hybridized carbons (Fsp3) is 0.448. The number of halogens is 2. The van der Waals surface area contributed by atoms with E-state index in [1.54, 1.807) is 11.0 Å². The third-order valence-corrected chi connectivity index (χ3v) is 7.10. The largest absolute Gasteiger partial charge is 0.444 e. The zero-order chi connectivity index (χ0) is 26.0. The minimum Gasteiger partial charge on any atom is -0.444 e. The number of rotatable bonds is 4. The Bertz CT molecular complexity index is 1200. The van der Waals surface area contributed by atoms with Crippen LogP contribution in [0.5, 0.6) is 0 Å². The molecule has 0 unspecified atom stereocenters. The summed E-state index contributed by atoms with van der Waals surface area (Å²) in [6.45, 7) is 12.2. The topological polar surface area (TPSA) is 47.4 Å². The minimum absolute atomic E-state index is 0.142. The van der Waals surface area contributed by atoms with Gasteiger partial charge in [0.15, 0.2) is 0 Å². The molecule has 2 aliphatic rings. The van der Waals surface area contributed by atoms with Crippen LogP contribution >= 0.6 is 11.6 Å². The third kappa shape index (κ3) is 5.75. The second-order valence-corrected chi connectivity index (χ2v) is 11.1. The zero-order valence-corrected chi connectivity index (χ0v) is 22.3. The van der Waals surface area contributed by atoms with E-state index in [4.69, 9.17) is 21.3 Å². The number of hydrogen-bond donors (Lipinski definition) is 0. The standard InChI is InChI=1S/C29H35ClFN3O2/c1-6-7-8-24(31)19(2)20-9-11-21(12-10-20)26-16-32-27-18-33(28(35)36-29(3,4)5)17-22-15-23(30)13-14-25(22)34(26)27/h6-8,13-16,20-21H,2,9-12,17-18H2,1,3-5H3/b7-6-,24-8+/t20-,21+. The van der Waals surface area contributed by atoms with Crippen LogP contribution < -0.4 is 0 Å². The van der Waals surface area contributed by atoms with Crippen LogP contribution in [0.1, 0.15) is 76.4 Å². The second-order valence-electron chi connectivity index (χ2n) is 10.7. The summed E-state index contributed by atoms with van der Waals surface area (Å²) < 4.78 is 22.3. The molecule has 2 heterocycles. The molecule has 0 bridgehead atoms. The molecule has 4 rings (SSSR count). The van der Waals surface area contributed by atoms with E-state index in [0.29, 0.717) is 23.7 Å². The normalized spacial score (nSPS) is 20.6. The maximum atomic E-state index is 14.5. The first-order valence-electron chi connectivity index (χ1n) is 12.6. The number of benzene rings is 1. The smallest absolute Gasteiger partial charge is 0.411 e. The van der Waals surface area contributed by atoms with E-state index >= 15 is 0 Å². The highest BCUT2D eigenvalue weighted by Gasteiger charge is 2.32. The van der Waals surface area contributed by atoms with Gasteiger partial charge in [-0.25, -0.2) is 14.2 Å². The number of carbonyl (C=O) groups excluding carboxylic acids is 1. The lowest BCUT2D eigenvalue weighted by Crippen LogP contribution is -2.35. The van der Waals surface area contributed by atoms with Gasteiger partial charge in [-0.3, -0.25) is 9.47 Å². The van der Waals surface area contributed by atoms with Crippen molar-refractivity contribution in [2.24, 2.45) is 5.92 Å². The zero-order valence-electron chi connectivity index (χ0n) is 21.6. The van der Waals surface area contributed by atoms with Crippen LogP contribution in [0.2, 0.25) is 5.02 Å². The highest BCUT2D eigenvalue weighted by molar-refractivity contribution is 6.30. The second kappa shape index (κ2) is 10.6. The average Bonchev–Trinajstić information content (AvgIpc) is 3.16. The summed E-state index contributed by atoms with van der Waals surface area (Å²) in [4.78, 5) is 19.4. The van der Waals surface area contributed by atoms with Gasteiger partial charge in [0.1, 0.15) is 17.3 Å². The molecule has 0 saturated heterocycles. The van der Waals surface area contributed by atoms with Crippen LogP contribution in [0.4, 0.5) is 9.18 Å². The molecule has 192 valence electrons.